The molecule has 1 unspecified atom stereocenters. The normalized spacial score (nSPS) is 13.2. The van der Waals surface area contributed by atoms with E-state index in [4.69, 9.17) is 16.3 Å². The van der Waals surface area contributed by atoms with Crippen LogP contribution in [0.2, 0.25) is 5.02 Å². The topological polar surface area (TPSA) is 21.3 Å². The third-order valence-electron chi connectivity index (χ3n) is 2.66. The molecule has 0 saturated carbocycles. The summed E-state index contributed by atoms with van der Waals surface area (Å²) in [5.41, 5.74) is 0.778. The summed E-state index contributed by atoms with van der Waals surface area (Å²) in [7, 11) is 1.51. The minimum atomic E-state index is -4.08. The molecular weight excluding hydrogens is 279 g/mol. The van der Waals surface area contributed by atoms with Crippen molar-refractivity contribution < 1.29 is 17.9 Å². The van der Waals surface area contributed by atoms with Crippen molar-refractivity contribution in [1.29, 1.82) is 0 Å². The SMILES string of the molecule is COc1cc(NC(C)CCCC(F)(F)F)ccc1Cl. The molecule has 0 amide bonds. The van der Waals surface area contributed by atoms with E-state index in [1.165, 1.54) is 7.11 Å². The lowest BCUT2D eigenvalue weighted by Crippen LogP contribution is -2.16. The van der Waals surface area contributed by atoms with Gasteiger partial charge < -0.3 is 10.1 Å². The van der Waals surface area contributed by atoms with Crippen LogP contribution in [0.3, 0.4) is 0 Å². The zero-order chi connectivity index (χ0) is 14.5. The Bertz CT molecular complexity index is 409. The molecule has 0 aliphatic carbocycles. The lowest BCUT2D eigenvalue weighted by Gasteiger charge is -2.16. The Kier molecular flexibility index (Phi) is 5.79. The van der Waals surface area contributed by atoms with Crippen molar-refractivity contribution in [2.24, 2.45) is 0 Å². The smallest absolute Gasteiger partial charge is 0.389 e. The molecule has 6 heteroatoms. The van der Waals surface area contributed by atoms with Crippen molar-refractivity contribution in [2.75, 3.05) is 12.4 Å². The monoisotopic (exact) mass is 295 g/mol. The summed E-state index contributed by atoms with van der Waals surface area (Å²) >= 11 is 5.89. The summed E-state index contributed by atoms with van der Waals surface area (Å²) in [6, 6.07) is 5.13. The molecule has 0 aliphatic heterocycles. The fraction of sp³-hybridized carbons (Fsp3) is 0.538. The molecule has 0 heterocycles. The number of methoxy groups -OCH3 is 1. The molecule has 0 fully saturated rings. The number of nitrogens with one attached hydrogen (secondary N) is 1. The number of ether oxygens (including phenoxy) is 1. The van der Waals surface area contributed by atoms with Gasteiger partial charge in [-0.1, -0.05) is 11.6 Å². The molecule has 1 atom stereocenters. The van der Waals surface area contributed by atoms with Gasteiger partial charge in [-0.3, -0.25) is 0 Å². The van der Waals surface area contributed by atoms with Gasteiger partial charge in [-0.15, -0.1) is 0 Å². The van der Waals surface area contributed by atoms with Crippen LogP contribution < -0.4 is 10.1 Å². The van der Waals surface area contributed by atoms with E-state index in [0.29, 0.717) is 17.2 Å². The minimum absolute atomic E-state index is 0.0479. The number of rotatable bonds is 6. The Morgan fingerprint density at radius 1 is 1.37 bits per heavy atom. The molecule has 0 spiro atoms. The number of benzene rings is 1. The van der Waals surface area contributed by atoms with Crippen LogP contribution >= 0.6 is 11.6 Å². The van der Waals surface area contributed by atoms with E-state index >= 15 is 0 Å². The molecule has 0 radical (unpaired) electrons. The number of halogens is 4. The van der Waals surface area contributed by atoms with Gasteiger partial charge >= 0.3 is 6.18 Å². The van der Waals surface area contributed by atoms with Gasteiger partial charge in [0.15, 0.2) is 0 Å². The molecule has 0 saturated heterocycles. The van der Waals surface area contributed by atoms with Gasteiger partial charge in [-0.25, -0.2) is 0 Å². The highest BCUT2D eigenvalue weighted by Crippen LogP contribution is 2.28. The molecule has 0 bridgehead atoms. The van der Waals surface area contributed by atoms with Gasteiger partial charge in [-0.05, 0) is 31.9 Å². The largest absolute Gasteiger partial charge is 0.495 e. The molecule has 108 valence electrons. The molecule has 1 rings (SSSR count). The molecule has 1 aromatic carbocycles. The molecule has 2 nitrogen and oxygen atoms in total. The number of hydrogen-bond acceptors (Lipinski definition) is 2. The first-order valence-corrected chi connectivity index (χ1v) is 6.36. The van der Waals surface area contributed by atoms with Gasteiger partial charge in [0.25, 0.3) is 0 Å². The van der Waals surface area contributed by atoms with Crippen molar-refractivity contribution in [3.05, 3.63) is 23.2 Å². The highest BCUT2D eigenvalue weighted by atomic mass is 35.5. The van der Waals surface area contributed by atoms with Crippen molar-refractivity contribution in [2.45, 2.75) is 38.4 Å². The van der Waals surface area contributed by atoms with Crippen LogP contribution in [0.4, 0.5) is 18.9 Å². The van der Waals surface area contributed by atoms with Crippen LogP contribution in [0.1, 0.15) is 26.2 Å². The van der Waals surface area contributed by atoms with E-state index in [-0.39, 0.29) is 12.5 Å². The van der Waals surface area contributed by atoms with Gasteiger partial charge in [0.1, 0.15) is 5.75 Å². The van der Waals surface area contributed by atoms with Crippen LogP contribution in [0.25, 0.3) is 0 Å². The van der Waals surface area contributed by atoms with Crippen molar-refractivity contribution in [1.82, 2.24) is 0 Å². The second kappa shape index (κ2) is 6.89. The maximum Gasteiger partial charge on any atom is 0.389 e. The molecule has 1 aromatic rings. The van der Waals surface area contributed by atoms with Crippen LogP contribution in [-0.2, 0) is 0 Å². The van der Waals surface area contributed by atoms with E-state index in [9.17, 15) is 13.2 Å². The maximum absolute atomic E-state index is 12.0. The Hall–Kier alpha value is -1.10. The first-order chi connectivity index (χ1) is 8.81. The van der Waals surface area contributed by atoms with E-state index in [2.05, 4.69) is 5.32 Å². The van der Waals surface area contributed by atoms with Gasteiger partial charge in [0, 0.05) is 24.2 Å². The van der Waals surface area contributed by atoms with Gasteiger partial charge in [0.05, 0.1) is 12.1 Å². The fourth-order valence-corrected chi connectivity index (χ4v) is 1.91. The lowest BCUT2D eigenvalue weighted by molar-refractivity contribution is -0.135. The summed E-state index contributed by atoms with van der Waals surface area (Å²) in [4.78, 5) is 0. The summed E-state index contributed by atoms with van der Waals surface area (Å²) in [6.07, 6.45) is -4.26. The highest BCUT2D eigenvalue weighted by Gasteiger charge is 2.26. The minimum Gasteiger partial charge on any atom is -0.495 e. The average Bonchev–Trinajstić information content (AvgIpc) is 2.30. The Morgan fingerprint density at radius 3 is 2.63 bits per heavy atom. The standard InChI is InChI=1S/C13H17ClF3NO/c1-9(4-3-7-13(15,16)17)18-10-5-6-11(14)12(8-10)19-2/h5-6,8-9,18H,3-4,7H2,1-2H3. The molecule has 19 heavy (non-hydrogen) atoms. The number of hydrogen-bond donors (Lipinski definition) is 1. The zero-order valence-corrected chi connectivity index (χ0v) is 11.6. The third-order valence-corrected chi connectivity index (χ3v) is 2.97. The summed E-state index contributed by atoms with van der Waals surface area (Å²) in [5, 5.41) is 3.62. The van der Waals surface area contributed by atoms with Crippen molar-refractivity contribution >= 4 is 17.3 Å². The number of anilines is 1. The molecule has 0 aromatic heterocycles. The predicted molar refractivity (Wildman–Crippen MR) is 71.0 cm³/mol. The fourth-order valence-electron chi connectivity index (χ4n) is 1.71. The van der Waals surface area contributed by atoms with E-state index in [0.717, 1.165) is 5.69 Å². The maximum atomic E-state index is 12.0. The lowest BCUT2D eigenvalue weighted by atomic mass is 10.1. The second-order valence-electron chi connectivity index (χ2n) is 4.40. The quantitative estimate of drug-likeness (QED) is 0.807. The summed E-state index contributed by atoms with van der Waals surface area (Å²) in [6.45, 7) is 1.84. The van der Waals surface area contributed by atoms with Crippen LogP contribution in [0.15, 0.2) is 18.2 Å². The summed E-state index contributed by atoms with van der Waals surface area (Å²) in [5.74, 6) is 0.536. The second-order valence-corrected chi connectivity index (χ2v) is 4.81. The van der Waals surface area contributed by atoms with Gasteiger partial charge in [-0.2, -0.15) is 13.2 Å². The van der Waals surface area contributed by atoms with Crippen LogP contribution in [-0.4, -0.2) is 19.3 Å². The number of alkyl halides is 3. The van der Waals surface area contributed by atoms with Gasteiger partial charge in [0.2, 0.25) is 0 Å². The highest BCUT2D eigenvalue weighted by molar-refractivity contribution is 6.32. The van der Waals surface area contributed by atoms with E-state index < -0.39 is 12.6 Å². The average molecular weight is 296 g/mol. The van der Waals surface area contributed by atoms with Crippen molar-refractivity contribution in [3.63, 3.8) is 0 Å². The van der Waals surface area contributed by atoms with Crippen LogP contribution in [0, 0.1) is 0 Å². The Morgan fingerprint density at radius 2 is 2.05 bits per heavy atom. The third kappa shape index (κ3) is 6.05. The molecular formula is C13H17ClF3NO. The predicted octanol–water partition coefficient (Wildman–Crippen LogP) is 4.88. The first kappa shape index (κ1) is 16.0. The Labute approximate surface area is 115 Å². The summed E-state index contributed by atoms with van der Waals surface area (Å²) < 4.78 is 41.1. The molecule has 1 N–H and O–H groups in total. The first-order valence-electron chi connectivity index (χ1n) is 5.98. The van der Waals surface area contributed by atoms with E-state index in [1.807, 2.05) is 6.92 Å². The molecule has 0 aliphatic rings. The van der Waals surface area contributed by atoms with Crippen molar-refractivity contribution in [3.8, 4) is 5.75 Å². The van der Waals surface area contributed by atoms with Crippen LogP contribution in [0.5, 0.6) is 5.75 Å². The zero-order valence-electron chi connectivity index (χ0n) is 10.9. The van der Waals surface area contributed by atoms with E-state index in [1.54, 1.807) is 18.2 Å². The Balaban J connectivity index is 2.46.